The number of carbonyl (C=O) groups excluding carboxylic acids is 1. The maximum absolute atomic E-state index is 12.6. The minimum atomic E-state index is 0.0700. The van der Waals surface area contributed by atoms with Crippen LogP contribution in [0.15, 0.2) is 0 Å². The zero-order valence-corrected chi connectivity index (χ0v) is 13.9. The van der Waals surface area contributed by atoms with E-state index in [4.69, 9.17) is 0 Å². The number of carbonyl (C=O) groups is 1. The number of hydrogen-bond donors (Lipinski definition) is 1. The van der Waals surface area contributed by atoms with Crippen LogP contribution in [0.25, 0.3) is 0 Å². The van der Waals surface area contributed by atoms with Crippen LogP contribution in [0.4, 0.5) is 0 Å². The Morgan fingerprint density at radius 1 is 1.40 bits per heavy atom. The molecule has 1 N–H and O–H groups in total. The maximum Gasteiger partial charge on any atom is 0.241 e. The summed E-state index contributed by atoms with van der Waals surface area (Å²) in [6, 6.07) is 0.0700. The Labute approximate surface area is 124 Å². The van der Waals surface area contributed by atoms with Crippen molar-refractivity contribution < 1.29 is 4.79 Å². The van der Waals surface area contributed by atoms with E-state index in [1.165, 1.54) is 6.42 Å². The van der Waals surface area contributed by atoms with E-state index in [-0.39, 0.29) is 12.2 Å². The third-order valence-electron chi connectivity index (χ3n) is 5.03. The van der Waals surface area contributed by atoms with Gasteiger partial charge in [-0.25, -0.2) is 0 Å². The van der Waals surface area contributed by atoms with Gasteiger partial charge in [-0.1, -0.05) is 47.5 Å². The van der Waals surface area contributed by atoms with E-state index < -0.39 is 0 Å². The summed E-state index contributed by atoms with van der Waals surface area (Å²) in [4.78, 5) is 14.8. The van der Waals surface area contributed by atoms with Crippen molar-refractivity contribution in [3.8, 4) is 0 Å². The van der Waals surface area contributed by atoms with E-state index >= 15 is 0 Å². The molecule has 0 spiro atoms. The summed E-state index contributed by atoms with van der Waals surface area (Å²) in [5, 5.41) is 3.59. The topological polar surface area (TPSA) is 32.3 Å². The van der Waals surface area contributed by atoms with Gasteiger partial charge in [-0.15, -0.1) is 0 Å². The number of amides is 1. The minimum absolute atomic E-state index is 0.0700. The fourth-order valence-corrected chi connectivity index (χ4v) is 3.35. The van der Waals surface area contributed by atoms with Gasteiger partial charge in [-0.2, -0.15) is 0 Å². The van der Waals surface area contributed by atoms with Crippen molar-refractivity contribution in [1.29, 1.82) is 0 Å². The molecule has 3 heteroatoms. The first-order valence-corrected chi connectivity index (χ1v) is 8.41. The van der Waals surface area contributed by atoms with Crippen LogP contribution in [0.1, 0.15) is 66.7 Å². The van der Waals surface area contributed by atoms with Gasteiger partial charge in [-0.3, -0.25) is 10.1 Å². The molecule has 0 aromatic heterocycles. The Balaban J connectivity index is 1.98. The molecule has 0 radical (unpaired) electrons. The summed E-state index contributed by atoms with van der Waals surface area (Å²) < 4.78 is 0. The molecule has 1 heterocycles. The molecule has 3 unspecified atom stereocenters. The van der Waals surface area contributed by atoms with Crippen LogP contribution < -0.4 is 5.32 Å². The van der Waals surface area contributed by atoms with Crippen molar-refractivity contribution in [2.24, 2.45) is 17.3 Å². The molecule has 0 aromatic carbocycles. The highest BCUT2D eigenvalue weighted by atomic mass is 16.2. The van der Waals surface area contributed by atoms with E-state index in [1.807, 2.05) is 0 Å². The second-order valence-electron chi connectivity index (χ2n) is 7.89. The lowest BCUT2D eigenvalue weighted by Crippen LogP contribution is -2.40. The van der Waals surface area contributed by atoms with E-state index in [0.717, 1.165) is 32.2 Å². The third kappa shape index (κ3) is 3.55. The number of unbranched alkanes of at least 4 members (excludes halogenated alkanes) is 1. The Hall–Kier alpha value is -0.570. The molecule has 2 aliphatic rings. The van der Waals surface area contributed by atoms with Gasteiger partial charge in [0, 0.05) is 6.54 Å². The molecule has 3 atom stereocenters. The summed E-state index contributed by atoms with van der Waals surface area (Å²) in [6.45, 7) is 12.3. The predicted molar refractivity (Wildman–Crippen MR) is 83.3 cm³/mol. The molecule has 2 rings (SSSR count). The SMILES string of the molecule is CCCCC1NC(CC(C)C)N(CC2CC2(C)C)C1=O. The molecular weight excluding hydrogens is 248 g/mol. The Kier molecular flexibility index (Phi) is 4.78. The molecule has 3 nitrogen and oxygen atoms in total. The fourth-order valence-electron chi connectivity index (χ4n) is 3.35. The second kappa shape index (κ2) is 6.05. The quantitative estimate of drug-likeness (QED) is 0.775. The van der Waals surface area contributed by atoms with Crippen molar-refractivity contribution >= 4 is 5.91 Å². The minimum Gasteiger partial charge on any atom is -0.325 e. The van der Waals surface area contributed by atoms with Crippen molar-refractivity contribution in [2.75, 3.05) is 6.54 Å². The van der Waals surface area contributed by atoms with Gasteiger partial charge in [0.05, 0.1) is 12.2 Å². The highest BCUT2D eigenvalue weighted by Gasteiger charge is 2.49. The largest absolute Gasteiger partial charge is 0.325 e. The number of nitrogens with one attached hydrogen (secondary N) is 1. The third-order valence-corrected chi connectivity index (χ3v) is 5.03. The molecule has 0 bridgehead atoms. The summed E-state index contributed by atoms with van der Waals surface area (Å²) >= 11 is 0. The molecule has 1 amide bonds. The van der Waals surface area contributed by atoms with E-state index in [0.29, 0.717) is 23.2 Å². The molecule has 116 valence electrons. The van der Waals surface area contributed by atoms with Gasteiger partial charge in [0.1, 0.15) is 0 Å². The van der Waals surface area contributed by atoms with Gasteiger partial charge in [0.15, 0.2) is 0 Å². The lowest BCUT2D eigenvalue weighted by atomic mass is 10.1. The van der Waals surface area contributed by atoms with Gasteiger partial charge < -0.3 is 4.90 Å². The molecule has 0 aromatic rings. The summed E-state index contributed by atoms with van der Waals surface area (Å²) in [5.74, 6) is 1.68. The lowest BCUT2D eigenvalue weighted by Gasteiger charge is -2.26. The van der Waals surface area contributed by atoms with Crippen molar-refractivity contribution in [3.05, 3.63) is 0 Å². The summed E-state index contributed by atoms with van der Waals surface area (Å²) in [7, 11) is 0. The summed E-state index contributed by atoms with van der Waals surface area (Å²) in [6.07, 6.45) is 5.90. The van der Waals surface area contributed by atoms with Crippen molar-refractivity contribution in [2.45, 2.75) is 78.9 Å². The smallest absolute Gasteiger partial charge is 0.241 e. The molecule has 1 aliphatic heterocycles. The average Bonchev–Trinajstić information content (AvgIpc) is 2.85. The normalized spacial score (nSPS) is 32.2. The summed E-state index contributed by atoms with van der Waals surface area (Å²) in [5.41, 5.74) is 0.449. The standard InChI is InChI=1S/C17H32N2O/c1-6-7-8-14-16(20)19(11-13-10-17(13,4)5)15(18-14)9-12(2)3/h12-15,18H,6-11H2,1-5H3. The fraction of sp³-hybridized carbons (Fsp3) is 0.941. The van der Waals surface area contributed by atoms with E-state index in [1.54, 1.807) is 0 Å². The molecule has 1 saturated carbocycles. The number of rotatable bonds is 7. The first-order valence-electron chi connectivity index (χ1n) is 8.41. The molecule has 1 saturated heterocycles. The van der Waals surface area contributed by atoms with Gasteiger partial charge >= 0.3 is 0 Å². The van der Waals surface area contributed by atoms with Gasteiger partial charge in [0.2, 0.25) is 5.91 Å². The van der Waals surface area contributed by atoms with Crippen LogP contribution in [0.5, 0.6) is 0 Å². The zero-order valence-electron chi connectivity index (χ0n) is 13.9. The van der Waals surface area contributed by atoms with Crippen LogP contribution >= 0.6 is 0 Å². The Morgan fingerprint density at radius 3 is 2.55 bits per heavy atom. The second-order valence-corrected chi connectivity index (χ2v) is 7.89. The predicted octanol–water partition coefficient (Wildman–Crippen LogP) is 3.40. The monoisotopic (exact) mass is 280 g/mol. The highest BCUT2D eigenvalue weighted by molar-refractivity contribution is 5.84. The molecular formula is C17H32N2O. The average molecular weight is 280 g/mol. The Bertz CT molecular complexity index is 351. The first-order chi connectivity index (χ1) is 9.35. The zero-order chi connectivity index (χ0) is 14.9. The van der Waals surface area contributed by atoms with Crippen molar-refractivity contribution in [3.63, 3.8) is 0 Å². The van der Waals surface area contributed by atoms with Crippen LogP contribution in [-0.4, -0.2) is 29.6 Å². The maximum atomic E-state index is 12.6. The Morgan fingerprint density at radius 2 is 2.05 bits per heavy atom. The number of nitrogens with zero attached hydrogens (tertiary/aromatic N) is 1. The van der Waals surface area contributed by atoms with Crippen LogP contribution in [0.2, 0.25) is 0 Å². The van der Waals surface area contributed by atoms with Crippen molar-refractivity contribution in [1.82, 2.24) is 10.2 Å². The number of hydrogen-bond acceptors (Lipinski definition) is 2. The van der Waals surface area contributed by atoms with E-state index in [2.05, 4.69) is 44.8 Å². The van der Waals surface area contributed by atoms with Crippen LogP contribution in [-0.2, 0) is 4.79 Å². The molecule has 2 fully saturated rings. The van der Waals surface area contributed by atoms with Gasteiger partial charge in [-0.05, 0) is 36.5 Å². The lowest BCUT2D eigenvalue weighted by molar-refractivity contribution is -0.130. The van der Waals surface area contributed by atoms with Gasteiger partial charge in [0.25, 0.3) is 0 Å². The van der Waals surface area contributed by atoms with E-state index in [9.17, 15) is 4.79 Å². The van der Waals surface area contributed by atoms with Crippen LogP contribution in [0, 0.1) is 17.3 Å². The molecule has 20 heavy (non-hydrogen) atoms. The molecule has 1 aliphatic carbocycles. The highest BCUT2D eigenvalue weighted by Crippen LogP contribution is 2.52. The first kappa shape index (κ1) is 15.8. The van der Waals surface area contributed by atoms with Crippen LogP contribution in [0.3, 0.4) is 0 Å².